The predicted molar refractivity (Wildman–Crippen MR) is 80.5 cm³/mol. The van der Waals surface area contributed by atoms with Gasteiger partial charge in [-0.2, -0.15) is 0 Å². The van der Waals surface area contributed by atoms with Crippen LogP contribution in [-0.4, -0.2) is 22.6 Å². The Balaban J connectivity index is 2.24. The number of hydrogen-bond donors (Lipinski definition) is 0. The Morgan fingerprint density at radius 1 is 1.30 bits per heavy atom. The molecule has 0 aromatic heterocycles. The number of likely N-dealkylation sites (tertiary alicyclic amines) is 1. The summed E-state index contributed by atoms with van der Waals surface area (Å²) in [5, 5.41) is 0. The lowest BCUT2D eigenvalue weighted by Gasteiger charge is -2.31. The molecule has 0 bridgehead atoms. The van der Waals surface area contributed by atoms with Gasteiger partial charge in [-0.1, -0.05) is 36.4 Å². The summed E-state index contributed by atoms with van der Waals surface area (Å²) in [7, 11) is 0. The first-order chi connectivity index (χ1) is 9.42. The molecule has 1 aliphatic heterocycles. The summed E-state index contributed by atoms with van der Waals surface area (Å²) in [5.74, 6) is 0. The molecule has 2 unspecified atom stereocenters. The van der Waals surface area contributed by atoms with Gasteiger partial charge in [-0.05, 0) is 39.2 Å². The molecule has 0 N–H and O–H groups in total. The first kappa shape index (κ1) is 14.6. The molecule has 20 heavy (non-hydrogen) atoms. The summed E-state index contributed by atoms with van der Waals surface area (Å²) in [5.41, 5.74) is 0.676. The molecule has 1 aliphatic rings. The van der Waals surface area contributed by atoms with Crippen LogP contribution in [-0.2, 0) is 4.74 Å². The van der Waals surface area contributed by atoms with Crippen molar-refractivity contribution in [2.45, 2.75) is 51.3 Å². The quantitative estimate of drug-likeness (QED) is 0.751. The van der Waals surface area contributed by atoms with Gasteiger partial charge in [0.2, 0.25) is 0 Å². The van der Waals surface area contributed by atoms with Gasteiger partial charge in [-0.3, -0.25) is 4.90 Å². The second-order valence-electron chi connectivity index (χ2n) is 6.19. The highest BCUT2D eigenvalue weighted by Crippen LogP contribution is 2.37. The van der Waals surface area contributed by atoms with E-state index < -0.39 is 5.60 Å². The van der Waals surface area contributed by atoms with Gasteiger partial charge in [0.1, 0.15) is 5.60 Å². The molecule has 2 rings (SSSR count). The van der Waals surface area contributed by atoms with Crippen LogP contribution in [0.15, 0.2) is 43.0 Å². The third-order valence-electron chi connectivity index (χ3n) is 3.49. The first-order valence-corrected chi connectivity index (χ1v) is 7.11. The fourth-order valence-electron chi connectivity index (χ4n) is 2.65. The largest absolute Gasteiger partial charge is 0.444 e. The van der Waals surface area contributed by atoms with E-state index in [4.69, 9.17) is 4.74 Å². The topological polar surface area (TPSA) is 29.5 Å². The SMILES string of the molecule is C=CC1CCC(c2ccccc2)N1C(=O)OC(C)(C)C. The van der Waals surface area contributed by atoms with E-state index in [1.165, 1.54) is 0 Å². The Hall–Kier alpha value is -1.77. The van der Waals surface area contributed by atoms with Gasteiger partial charge < -0.3 is 4.74 Å². The lowest BCUT2D eigenvalue weighted by Crippen LogP contribution is -2.40. The maximum absolute atomic E-state index is 12.5. The van der Waals surface area contributed by atoms with Gasteiger partial charge in [0.15, 0.2) is 0 Å². The second kappa shape index (κ2) is 5.70. The Kier molecular flexibility index (Phi) is 4.17. The molecule has 1 heterocycles. The molecule has 1 amide bonds. The van der Waals surface area contributed by atoms with Crippen molar-refractivity contribution in [1.82, 2.24) is 4.90 Å². The van der Waals surface area contributed by atoms with Gasteiger partial charge in [-0.25, -0.2) is 4.79 Å². The van der Waals surface area contributed by atoms with Crippen LogP contribution in [0.5, 0.6) is 0 Å². The Bertz CT molecular complexity index is 476. The van der Waals surface area contributed by atoms with Gasteiger partial charge >= 0.3 is 6.09 Å². The fourth-order valence-corrected chi connectivity index (χ4v) is 2.65. The highest BCUT2D eigenvalue weighted by atomic mass is 16.6. The monoisotopic (exact) mass is 273 g/mol. The van der Waals surface area contributed by atoms with Gasteiger partial charge in [0.05, 0.1) is 12.1 Å². The van der Waals surface area contributed by atoms with E-state index >= 15 is 0 Å². The van der Waals surface area contributed by atoms with Crippen molar-refractivity contribution in [3.8, 4) is 0 Å². The maximum Gasteiger partial charge on any atom is 0.411 e. The second-order valence-corrected chi connectivity index (χ2v) is 6.19. The van der Waals surface area contributed by atoms with E-state index in [-0.39, 0.29) is 18.2 Å². The molecule has 108 valence electrons. The number of nitrogens with zero attached hydrogens (tertiary/aromatic N) is 1. The number of rotatable bonds is 2. The third-order valence-corrected chi connectivity index (χ3v) is 3.49. The summed E-state index contributed by atoms with van der Waals surface area (Å²) in [6.07, 6.45) is 3.46. The molecule has 0 saturated carbocycles. The number of ether oxygens (including phenoxy) is 1. The van der Waals surface area contributed by atoms with Crippen molar-refractivity contribution >= 4 is 6.09 Å². The summed E-state index contributed by atoms with van der Waals surface area (Å²) < 4.78 is 5.54. The van der Waals surface area contributed by atoms with Crippen molar-refractivity contribution in [3.05, 3.63) is 48.6 Å². The molecule has 3 heteroatoms. The van der Waals surface area contributed by atoms with Gasteiger partial charge in [-0.15, -0.1) is 6.58 Å². The number of benzene rings is 1. The zero-order chi connectivity index (χ0) is 14.8. The highest BCUT2D eigenvalue weighted by molar-refractivity contribution is 5.70. The lowest BCUT2D eigenvalue weighted by molar-refractivity contribution is 0.0178. The molecular formula is C17H23NO2. The van der Waals surface area contributed by atoms with E-state index in [9.17, 15) is 4.79 Å². The maximum atomic E-state index is 12.5. The average Bonchev–Trinajstić information content (AvgIpc) is 2.81. The smallest absolute Gasteiger partial charge is 0.411 e. The van der Waals surface area contributed by atoms with Crippen LogP contribution >= 0.6 is 0 Å². The van der Waals surface area contributed by atoms with Crippen LogP contribution in [0.2, 0.25) is 0 Å². The highest BCUT2D eigenvalue weighted by Gasteiger charge is 2.38. The van der Waals surface area contributed by atoms with Gasteiger partial charge in [0, 0.05) is 0 Å². The van der Waals surface area contributed by atoms with Crippen LogP contribution in [0, 0.1) is 0 Å². The molecule has 0 spiro atoms. The van der Waals surface area contributed by atoms with Crippen molar-refractivity contribution in [2.75, 3.05) is 0 Å². The van der Waals surface area contributed by atoms with E-state index in [0.717, 1.165) is 18.4 Å². The van der Waals surface area contributed by atoms with E-state index in [1.54, 1.807) is 0 Å². The molecule has 1 aromatic carbocycles. The minimum Gasteiger partial charge on any atom is -0.444 e. The zero-order valence-electron chi connectivity index (χ0n) is 12.5. The van der Waals surface area contributed by atoms with Crippen LogP contribution in [0.3, 0.4) is 0 Å². The summed E-state index contributed by atoms with van der Waals surface area (Å²) in [6, 6.07) is 10.2. The van der Waals surface area contributed by atoms with Gasteiger partial charge in [0.25, 0.3) is 0 Å². The van der Waals surface area contributed by atoms with Crippen molar-refractivity contribution < 1.29 is 9.53 Å². The summed E-state index contributed by atoms with van der Waals surface area (Å²) in [6.45, 7) is 9.52. The van der Waals surface area contributed by atoms with Crippen LogP contribution in [0.25, 0.3) is 0 Å². The lowest BCUT2D eigenvalue weighted by atomic mass is 10.1. The first-order valence-electron chi connectivity index (χ1n) is 7.11. The van der Waals surface area contributed by atoms with E-state index in [0.29, 0.717) is 0 Å². The number of hydrogen-bond acceptors (Lipinski definition) is 2. The molecular weight excluding hydrogens is 250 g/mol. The van der Waals surface area contributed by atoms with Crippen molar-refractivity contribution in [3.63, 3.8) is 0 Å². The molecule has 0 radical (unpaired) electrons. The van der Waals surface area contributed by atoms with Crippen molar-refractivity contribution in [1.29, 1.82) is 0 Å². The minimum atomic E-state index is -0.480. The summed E-state index contributed by atoms with van der Waals surface area (Å²) >= 11 is 0. The molecule has 1 fully saturated rings. The fraction of sp³-hybridized carbons (Fsp3) is 0.471. The van der Waals surface area contributed by atoms with Crippen LogP contribution < -0.4 is 0 Å². The Labute approximate surface area is 121 Å². The number of carbonyl (C=O) groups excluding carboxylic acids is 1. The average molecular weight is 273 g/mol. The Morgan fingerprint density at radius 2 is 1.95 bits per heavy atom. The van der Waals surface area contributed by atoms with E-state index in [2.05, 4.69) is 18.7 Å². The molecule has 1 aromatic rings. The molecule has 0 aliphatic carbocycles. The number of amides is 1. The molecule has 3 nitrogen and oxygen atoms in total. The predicted octanol–water partition coefficient (Wildman–Crippen LogP) is 4.31. The Morgan fingerprint density at radius 3 is 2.50 bits per heavy atom. The number of carbonyl (C=O) groups is 1. The molecule has 2 atom stereocenters. The van der Waals surface area contributed by atoms with E-state index in [1.807, 2.05) is 49.9 Å². The molecule has 1 saturated heterocycles. The summed E-state index contributed by atoms with van der Waals surface area (Å²) in [4.78, 5) is 14.3. The zero-order valence-corrected chi connectivity index (χ0v) is 12.5. The van der Waals surface area contributed by atoms with Crippen LogP contribution in [0.1, 0.15) is 45.2 Å². The van der Waals surface area contributed by atoms with Crippen molar-refractivity contribution in [2.24, 2.45) is 0 Å². The van der Waals surface area contributed by atoms with Crippen LogP contribution in [0.4, 0.5) is 4.79 Å². The minimum absolute atomic E-state index is 0.0510. The normalized spacial score (nSPS) is 22.6. The standard InChI is InChI=1S/C17H23NO2/c1-5-14-11-12-15(13-9-7-6-8-10-13)18(14)16(19)20-17(2,3)4/h5-10,14-15H,1,11-12H2,2-4H3. The third kappa shape index (κ3) is 3.21.